The molecule has 378 valence electrons. The monoisotopic (exact) mass is 973 g/mol. The first-order valence-corrected chi connectivity index (χ1v) is 24.9. The number of aliphatic hydroxyl groups is 1. The number of amides is 1. The van der Waals surface area contributed by atoms with Crippen molar-refractivity contribution in [1.29, 1.82) is 0 Å². The number of piperidine rings is 2. The Hall–Kier alpha value is -6.53. The van der Waals surface area contributed by atoms with Crippen molar-refractivity contribution in [2.24, 2.45) is 0 Å². The molecule has 2 unspecified atom stereocenters. The predicted molar refractivity (Wildman–Crippen MR) is 272 cm³/mol. The van der Waals surface area contributed by atoms with Crippen LogP contribution in [0.3, 0.4) is 0 Å². The van der Waals surface area contributed by atoms with Crippen molar-refractivity contribution in [3.05, 3.63) is 141 Å². The van der Waals surface area contributed by atoms with E-state index < -0.39 is 17.8 Å². The minimum absolute atomic E-state index is 0.0183. The van der Waals surface area contributed by atoms with Gasteiger partial charge in [0.05, 0.1) is 22.1 Å². The third kappa shape index (κ3) is 11.8. The summed E-state index contributed by atoms with van der Waals surface area (Å²) in [6.45, 7) is 13.0. The molecule has 0 saturated carbocycles. The number of nitrogens with zero attached hydrogens (tertiary/aromatic N) is 7. The van der Waals surface area contributed by atoms with Gasteiger partial charge in [-0.2, -0.15) is 9.13 Å². The molecule has 6 heterocycles. The van der Waals surface area contributed by atoms with Crippen LogP contribution in [0.5, 0.6) is 0 Å². The summed E-state index contributed by atoms with van der Waals surface area (Å²) >= 11 is 0. The molecule has 0 spiro atoms. The van der Waals surface area contributed by atoms with Gasteiger partial charge < -0.3 is 29.5 Å². The summed E-state index contributed by atoms with van der Waals surface area (Å²) in [5.74, 6) is 0. The molecule has 4 aliphatic rings. The first kappa shape index (κ1) is 50.8. The second kappa shape index (κ2) is 23.1. The van der Waals surface area contributed by atoms with E-state index in [1.807, 2.05) is 128 Å². The van der Waals surface area contributed by atoms with Crippen LogP contribution in [-0.2, 0) is 27.4 Å². The minimum atomic E-state index is -0.667. The number of hydrogen-bond acceptors (Lipinski definition) is 12. The number of fused-ring (bicyclic) bond motifs is 2. The lowest BCUT2D eigenvalue weighted by Crippen LogP contribution is -2.45. The predicted octanol–water partition coefficient (Wildman–Crippen LogP) is 7.23. The Labute approximate surface area is 414 Å². The van der Waals surface area contributed by atoms with Crippen LogP contribution >= 0.6 is 0 Å². The van der Waals surface area contributed by atoms with Crippen molar-refractivity contribution in [1.82, 2.24) is 38.3 Å². The smallest absolute Gasteiger partial charge is 0.423 e. The zero-order chi connectivity index (χ0) is 50.1. The Bertz CT molecular complexity index is 2850. The average Bonchev–Trinajstić information content (AvgIpc) is 4.22. The molecule has 0 aliphatic carbocycles. The first-order valence-electron chi connectivity index (χ1n) is 24.9. The number of para-hydroxylation sites is 4. The van der Waals surface area contributed by atoms with Crippen LogP contribution in [0.15, 0.2) is 119 Å². The summed E-state index contributed by atoms with van der Waals surface area (Å²) in [4.78, 5) is 72.1. The van der Waals surface area contributed by atoms with E-state index in [2.05, 4.69) is 15.1 Å². The number of carbonyl (C=O) groups is 3. The van der Waals surface area contributed by atoms with E-state index in [0.29, 0.717) is 30.2 Å². The minimum Gasteiger partial charge on any atom is -0.444 e. The lowest BCUT2D eigenvalue weighted by molar-refractivity contribution is 0.0274. The Morgan fingerprint density at radius 1 is 0.535 bits per heavy atom. The van der Waals surface area contributed by atoms with Crippen molar-refractivity contribution in [2.45, 2.75) is 102 Å². The molecule has 0 bridgehead atoms. The zero-order valence-corrected chi connectivity index (χ0v) is 41.4. The standard InChI is InChI=1S/C29H36N4O5.C24H28N4O3.CH4O/c1-29(2,3)38-27(35)31-18-15-23(19-31)30-16-13-22(14-17-30)32-24-11-7-8-12-25(24)33(26(32)34)28(36)37-20-21-9-5-4-6-10-21;29-23-27(19-11-14-26(15-12-19)20-10-13-25-16-20)21-8-4-5-9-22(21)28(23)24(30)31-17-18-6-2-1-3-7-18;1-2/h4-12,22-23H,13-20H2,1-3H3;1-9,19-20,25H,10-17H2;2H,1H3. The molecule has 4 saturated heterocycles. The zero-order valence-electron chi connectivity index (χ0n) is 41.4. The normalized spacial score (nSPS) is 19.2. The average molecular weight is 973 g/mol. The van der Waals surface area contributed by atoms with Crippen molar-refractivity contribution < 1.29 is 33.7 Å². The Balaban J connectivity index is 0.000000187. The second-order valence-electron chi connectivity index (χ2n) is 19.6. The van der Waals surface area contributed by atoms with Gasteiger partial charge in [0, 0.05) is 77.1 Å². The number of imidazole rings is 2. The SMILES string of the molecule is CC(C)(C)OC(=O)N1CCC(N2CCC(n3c(=O)n(C(=O)OCc4ccccc4)c4ccccc43)CC2)C1.CO.O=C(OCc1ccccc1)n1c(=O)n(C2CCN(C3CCNC3)CC2)c2ccccc21. The van der Waals surface area contributed by atoms with Gasteiger partial charge in [0.2, 0.25) is 0 Å². The van der Waals surface area contributed by atoms with Crippen LogP contribution < -0.4 is 16.7 Å². The number of carbonyl (C=O) groups excluding carboxylic acids is 3. The number of ether oxygens (including phenoxy) is 3. The summed E-state index contributed by atoms with van der Waals surface area (Å²) in [7, 11) is 1.00. The number of likely N-dealkylation sites (tertiary alicyclic amines) is 3. The molecule has 71 heavy (non-hydrogen) atoms. The maximum Gasteiger partial charge on any atom is 0.423 e. The van der Waals surface area contributed by atoms with Crippen LogP contribution in [0.4, 0.5) is 14.4 Å². The van der Waals surface area contributed by atoms with Crippen LogP contribution in [0.25, 0.3) is 22.1 Å². The van der Waals surface area contributed by atoms with Crippen LogP contribution in [0, 0.1) is 0 Å². The largest absolute Gasteiger partial charge is 0.444 e. The molecule has 4 aromatic carbocycles. The first-order chi connectivity index (χ1) is 34.4. The molecule has 10 rings (SSSR count). The molecule has 1 amide bonds. The lowest BCUT2D eigenvalue weighted by Gasteiger charge is -2.36. The van der Waals surface area contributed by atoms with Gasteiger partial charge in [0.25, 0.3) is 0 Å². The fourth-order valence-corrected chi connectivity index (χ4v) is 10.5. The molecule has 17 heteroatoms. The molecule has 4 fully saturated rings. The Morgan fingerprint density at radius 2 is 0.944 bits per heavy atom. The quantitative estimate of drug-likeness (QED) is 0.147. The molecular weight excluding hydrogens is 905 g/mol. The highest BCUT2D eigenvalue weighted by Crippen LogP contribution is 2.30. The summed E-state index contributed by atoms with van der Waals surface area (Å²) in [5, 5.41) is 10.4. The van der Waals surface area contributed by atoms with Crippen LogP contribution in [0.1, 0.15) is 82.5 Å². The lowest BCUT2D eigenvalue weighted by atomic mass is 10.0. The van der Waals surface area contributed by atoms with Gasteiger partial charge in [0.15, 0.2) is 0 Å². The maximum absolute atomic E-state index is 13.6. The molecule has 6 aromatic rings. The molecule has 17 nitrogen and oxygen atoms in total. The molecule has 0 radical (unpaired) electrons. The molecular formula is C54H68N8O9. The highest BCUT2D eigenvalue weighted by molar-refractivity contribution is 5.88. The highest BCUT2D eigenvalue weighted by Gasteiger charge is 2.36. The van der Waals surface area contributed by atoms with E-state index >= 15 is 0 Å². The number of aromatic nitrogens is 4. The summed E-state index contributed by atoms with van der Waals surface area (Å²) in [5.41, 5.74) is 3.28. The summed E-state index contributed by atoms with van der Waals surface area (Å²) in [6.07, 6.45) is 3.94. The van der Waals surface area contributed by atoms with Gasteiger partial charge in [-0.3, -0.25) is 18.9 Å². The van der Waals surface area contributed by atoms with Crippen molar-refractivity contribution in [3.63, 3.8) is 0 Å². The number of hydrogen-bond donors (Lipinski definition) is 2. The maximum atomic E-state index is 13.6. The van der Waals surface area contributed by atoms with Gasteiger partial charge in [0.1, 0.15) is 18.8 Å². The molecule has 2 atom stereocenters. The number of aliphatic hydroxyl groups excluding tert-OH is 1. The van der Waals surface area contributed by atoms with Gasteiger partial charge in [-0.25, -0.2) is 24.0 Å². The van der Waals surface area contributed by atoms with E-state index in [0.717, 1.165) is 105 Å². The van der Waals surface area contributed by atoms with Gasteiger partial charge >= 0.3 is 29.7 Å². The Morgan fingerprint density at radius 3 is 1.37 bits per heavy atom. The number of nitrogens with one attached hydrogen (secondary N) is 1. The highest BCUT2D eigenvalue weighted by atomic mass is 16.6. The van der Waals surface area contributed by atoms with Crippen LogP contribution in [-0.4, -0.2) is 134 Å². The molecule has 2 N–H and O–H groups in total. The van der Waals surface area contributed by atoms with E-state index in [-0.39, 0.29) is 48.8 Å². The topological polar surface area (TPSA) is 175 Å². The van der Waals surface area contributed by atoms with Crippen molar-refractivity contribution in [2.75, 3.05) is 59.5 Å². The van der Waals surface area contributed by atoms with Gasteiger partial charge in [-0.15, -0.1) is 0 Å². The molecule has 4 aliphatic heterocycles. The van der Waals surface area contributed by atoms with Crippen molar-refractivity contribution >= 4 is 40.3 Å². The van der Waals surface area contributed by atoms with Crippen molar-refractivity contribution in [3.8, 4) is 0 Å². The summed E-state index contributed by atoms with van der Waals surface area (Å²) in [6, 6.07) is 34.8. The second-order valence-corrected chi connectivity index (χ2v) is 19.6. The number of benzene rings is 4. The third-order valence-electron chi connectivity index (χ3n) is 13.9. The van der Waals surface area contributed by atoms with E-state index in [1.165, 1.54) is 11.0 Å². The molecule has 2 aromatic heterocycles. The van der Waals surface area contributed by atoms with Gasteiger partial charge in [-0.1, -0.05) is 84.9 Å². The van der Waals surface area contributed by atoms with Gasteiger partial charge in [-0.05, 0) is 101 Å². The summed E-state index contributed by atoms with van der Waals surface area (Å²) < 4.78 is 22.4. The van der Waals surface area contributed by atoms with Crippen LogP contribution in [0.2, 0.25) is 0 Å². The number of rotatable bonds is 8. The fourth-order valence-electron chi connectivity index (χ4n) is 10.5. The Kier molecular flexibility index (Phi) is 16.6. The fraction of sp³-hybridized carbons (Fsp3) is 0.463. The van der Waals surface area contributed by atoms with E-state index in [9.17, 15) is 24.0 Å². The van der Waals surface area contributed by atoms with E-state index in [1.54, 1.807) is 15.5 Å². The van der Waals surface area contributed by atoms with E-state index in [4.69, 9.17) is 19.3 Å². The third-order valence-corrected chi connectivity index (χ3v) is 13.9.